The van der Waals surface area contributed by atoms with Crippen molar-refractivity contribution in [1.29, 1.82) is 0 Å². The smallest absolute Gasteiger partial charge is 0.352 e. The number of thiazole rings is 1. The number of nitrogens with one attached hydrogen (secondary N) is 1. The summed E-state index contributed by atoms with van der Waals surface area (Å²) in [6.07, 6.45) is 0.402. The van der Waals surface area contributed by atoms with Crippen molar-refractivity contribution >= 4 is 74.6 Å². The van der Waals surface area contributed by atoms with Gasteiger partial charge in [0.05, 0.1) is 36.0 Å². The number of benzene rings is 1. The molecule has 6 rings (SSSR count). The van der Waals surface area contributed by atoms with Crippen LogP contribution in [0.3, 0.4) is 0 Å². The number of hydrogen-bond donors (Lipinski definition) is 7. The number of likely N-dealkylation sites (tertiary alicyclic amines) is 1. The van der Waals surface area contributed by atoms with Crippen LogP contribution in [0.1, 0.15) is 30.5 Å². The van der Waals surface area contributed by atoms with Gasteiger partial charge in [0.2, 0.25) is 6.10 Å². The van der Waals surface area contributed by atoms with Gasteiger partial charge in [0.25, 0.3) is 11.8 Å². The second kappa shape index (κ2) is 14.4. The number of nitrogens with zero attached hydrogens (tertiary/aromatic N) is 5. The summed E-state index contributed by atoms with van der Waals surface area (Å²) >= 11 is 2.16. The fourth-order valence-electron chi connectivity index (χ4n) is 6.89. The SMILES string of the molecule is Cn1cc(C[N+]2(CC3=C(C(=O)O)N4C(=O)[C@@H](NC(=O)C(=NO[C@@H](CC(=O)O)C(=O)O)c5csc(N)n5)[C@H]4SC3)CCCC2)c(=O)c2cc(O)c(O)cc21. The molecule has 1 aromatic carbocycles. The molecule has 19 nitrogen and oxygen atoms in total. The zero-order chi connectivity index (χ0) is 38.4. The Bertz CT molecular complexity index is 2170. The molecule has 21 heteroatoms. The highest BCUT2D eigenvalue weighted by molar-refractivity contribution is 8.00. The van der Waals surface area contributed by atoms with Crippen LogP contribution in [0.25, 0.3) is 10.9 Å². The third-order valence-corrected chi connectivity index (χ3v) is 11.3. The highest BCUT2D eigenvalue weighted by Gasteiger charge is 2.55. The average Bonchev–Trinajstić information content (AvgIpc) is 3.74. The maximum atomic E-state index is 13.6. The fraction of sp³-hybridized carbons (Fsp3) is 0.375. The highest BCUT2D eigenvalue weighted by atomic mass is 32.2. The van der Waals surface area contributed by atoms with E-state index in [1.54, 1.807) is 17.8 Å². The minimum Gasteiger partial charge on any atom is -0.504 e. The van der Waals surface area contributed by atoms with E-state index in [1.807, 2.05) is 0 Å². The Morgan fingerprint density at radius 3 is 2.43 bits per heavy atom. The Balaban J connectivity index is 1.24. The Morgan fingerprint density at radius 1 is 1.11 bits per heavy atom. The third kappa shape index (κ3) is 7.22. The Labute approximate surface area is 307 Å². The number of aromatic hydroxyl groups is 2. The summed E-state index contributed by atoms with van der Waals surface area (Å²) in [6, 6.07) is 1.31. The molecule has 3 aliphatic rings. The third-order valence-electron chi connectivity index (χ3n) is 9.33. The van der Waals surface area contributed by atoms with Gasteiger partial charge in [0, 0.05) is 48.9 Å². The molecular formula is C32H34N7O12S2+. The van der Waals surface area contributed by atoms with Gasteiger partial charge in [-0.2, -0.15) is 0 Å². The van der Waals surface area contributed by atoms with Crippen LogP contribution in [-0.4, -0.2) is 123 Å². The number of aryl methyl sites for hydroxylation is 1. The quantitative estimate of drug-likeness (QED) is 0.0401. The number of anilines is 1. The van der Waals surface area contributed by atoms with Crippen LogP contribution in [0.5, 0.6) is 11.5 Å². The second-order valence-electron chi connectivity index (χ2n) is 12.9. The molecule has 2 fully saturated rings. The number of phenols is 2. The van der Waals surface area contributed by atoms with Crippen molar-refractivity contribution in [3.63, 3.8) is 0 Å². The van der Waals surface area contributed by atoms with Crippen LogP contribution >= 0.6 is 23.1 Å². The highest BCUT2D eigenvalue weighted by Crippen LogP contribution is 2.42. The van der Waals surface area contributed by atoms with Crippen molar-refractivity contribution in [3.05, 3.63) is 56.5 Å². The summed E-state index contributed by atoms with van der Waals surface area (Å²) in [5.41, 5.74) is 5.78. The molecule has 0 unspecified atom stereocenters. The monoisotopic (exact) mass is 772 g/mol. The van der Waals surface area contributed by atoms with Gasteiger partial charge < -0.3 is 50.5 Å². The zero-order valence-corrected chi connectivity index (χ0v) is 29.6. The molecule has 280 valence electrons. The number of nitrogen functional groups attached to an aromatic ring is 1. The van der Waals surface area contributed by atoms with Gasteiger partial charge in [-0.3, -0.25) is 24.1 Å². The van der Waals surface area contributed by atoms with Crippen molar-refractivity contribution in [3.8, 4) is 11.5 Å². The number of carboxylic acid groups (broad SMARTS) is 3. The van der Waals surface area contributed by atoms with E-state index in [0.717, 1.165) is 29.1 Å². The number of β-lactam (4-membered cyclic amide) rings is 1. The molecule has 0 saturated carbocycles. The van der Waals surface area contributed by atoms with Crippen LogP contribution in [0.2, 0.25) is 0 Å². The first kappa shape index (κ1) is 37.1. The van der Waals surface area contributed by atoms with Gasteiger partial charge in [-0.05, 0) is 6.07 Å². The van der Waals surface area contributed by atoms with E-state index in [2.05, 4.69) is 15.5 Å². The molecule has 3 aliphatic heterocycles. The number of hydrogen-bond acceptors (Lipinski definition) is 14. The number of quaternary nitrogens is 1. The Hall–Kier alpha value is -5.67. The number of oxime groups is 1. The number of fused-ring (bicyclic) bond motifs is 2. The maximum Gasteiger partial charge on any atom is 0.352 e. The average molecular weight is 773 g/mol. The summed E-state index contributed by atoms with van der Waals surface area (Å²) in [4.78, 5) is 85.9. The number of carboxylic acids is 3. The number of carbonyl (C=O) groups is 5. The lowest BCUT2D eigenvalue weighted by molar-refractivity contribution is -0.925. The van der Waals surface area contributed by atoms with E-state index in [9.17, 15) is 49.2 Å². The van der Waals surface area contributed by atoms with Crippen molar-refractivity contribution in [2.45, 2.75) is 43.3 Å². The zero-order valence-electron chi connectivity index (χ0n) is 27.9. The number of aromatic nitrogens is 2. The van der Waals surface area contributed by atoms with Crippen molar-refractivity contribution in [2.24, 2.45) is 12.2 Å². The van der Waals surface area contributed by atoms with Gasteiger partial charge >= 0.3 is 17.9 Å². The summed E-state index contributed by atoms with van der Waals surface area (Å²) < 4.78 is 2.03. The summed E-state index contributed by atoms with van der Waals surface area (Å²) in [7, 11) is 1.71. The number of amides is 2. The molecule has 3 aromatic rings. The topological polar surface area (TPSA) is 284 Å². The Kier molecular flexibility index (Phi) is 10.1. The van der Waals surface area contributed by atoms with Crippen LogP contribution in [0, 0.1) is 0 Å². The molecule has 2 saturated heterocycles. The molecule has 2 amide bonds. The summed E-state index contributed by atoms with van der Waals surface area (Å²) in [5, 5.41) is 55.6. The minimum atomic E-state index is -1.95. The number of rotatable bonds is 13. The van der Waals surface area contributed by atoms with Crippen molar-refractivity contribution < 1.29 is 58.8 Å². The number of thioether (sulfide) groups is 1. The largest absolute Gasteiger partial charge is 0.504 e. The normalized spacial score (nSPS) is 20.1. The van der Waals surface area contributed by atoms with Gasteiger partial charge in [0.1, 0.15) is 35.9 Å². The van der Waals surface area contributed by atoms with E-state index < -0.39 is 65.1 Å². The number of carbonyl (C=O) groups excluding carboxylic acids is 2. The number of pyridine rings is 1. The van der Waals surface area contributed by atoms with Crippen LogP contribution in [0.15, 0.2) is 44.9 Å². The van der Waals surface area contributed by atoms with Crippen LogP contribution in [0.4, 0.5) is 5.13 Å². The lowest BCUT2D eigenvalue weighted by atomic mass is 10.0. The summed E-state index contributed by atoms with van der Waals surface area (Å²) in [6.45, 7) is 1.76. The first-order valence-corrected chi connectivity index (χ1v) is 18.0. The first-order valence-electron chi connectivity index (χ1n) is 16.1. The van der Waals surface area contributed by atoms with Crippen LogP contribution < -0.4 is 16.5 Å². The van der Waals surface area contributed by atoms with E-state index in [0.29, 0.717) is 34.2 Å². The fourth-order valence-corrected chi connectivity index (χ4v) is 8.77. The van der Waals surface area contributed by atoms with E-state index >= 15 is 0 Å². The van der Waals surface area contributed by atoms with Gasteiger partial charge in [-0.15, -0.1) is 23.1 Å². The predicted octanol–water partition coefficient (Wildman–Crippen LogP) is 0.186. The molecule has 5 heterocycles. The van der Waals surface area contributed by atoms with Crippen molar-refractivity contribution in [1.82, 2.24) is 19.8 Å². The van der Waals surface area contributed by atoms with Crippen LogP contribution in [-0.2, 0) is 42.4 Å². The summed E-state index contributed by atoms with van der Waals surface area (Å²) in [5.74, 6) is -6.84. The second-order valence-corrected chi connectivity index (χ2v) is 14.9. The van der Waals surface area contributed by atoms with Crippen molar-refractivity contribution in [2.75, 3.05) is 31.1 Å². The van der Waals surface area contributed by atoms with Gasteiger partial charge in [-0.1, -0.05) is 5.16 Å². The molecule has 2 aromatic heterocycles. The predicted molar refractivity (Wildman–Crippen MR) is 188 cm³/mol. The molecule has 53 heavy (non-hydrogen) atoms. The van der Waals surface area contributed by atoms with E-state index in [4.69, 9.17) is 15.7 Å². The number of nitrogens with two attached hydrogens (primary N) is 1. The van der Waals surface area contributed by atoms with Gasteiger partial charge in [0.15, 0.2) is 27.8 Å². The van der Waals surface area contributed by atoms with E-state index in [-0.39, 0.29) is 51.9 Å². The molecule has 0 radical (unpaired) electrons. The molecule has 0 aliphatic carbocycles. The lowest BCUT2D eigenvalue weighted by Crippen LogP contribution is -2.71. The minimum absolute atomic E-state index is 0.0253. The molecular weight excluding hydrogens is 739 g/mol. The number of phenolic OH excluding ortho intramolecular Hbond substituents is 2. The lowest BCUT2D eigenvalue weighted by Gasteiger charge is -2.50. The molecule has 3 atom stereocenters. The molecule has 8 N–H and O–H groups in total. The first-order chi connectivity index (χ1) is 25.1. The molecule has 0 spiro atoms. The van der Waals surface area contributed by atoms with Gasteiger partial charge in [-0.25, -0.2) is 14.6 Å². The standard InChI is InChI=1S/C32H33N7O12S2/c1-37-9-14(26(44)16-6-19(40)20(41)7-18(16)37)10-39(4-2-3-5-39)11-15-12-52-29-24(28(46)38(29)25(15)31(49)50)35-27(45)23(17-13-53-32(33)34-17)36-51-21(30(47)48)8-22(42)43/h6-7,9,13,21,24,29H,2-5,8,10-12H2,1H3,(H7-,33,34,35,36,40,41,42,43,44,45,47,48,49,50)/p+1/t21-,24+,29+/m0/s1. The number of aliphatic carboxylic acids is 3. The maximum absolute atomic E-state index is 13.6. The van der Waals surface area contributed by atoms with E-state index in [1.165, 1.54) is 29.3 Å². The Morgan fingerprint density at radius 2 is 1.81 bits per heavy atom. The molecule has 0 bridgehead atoms.